The lowest BCUT2D eigenvalue weighted by Gasteiger charge is -2.35. The summed E-state index contributed by atoms with van der Waals surface area (Å²) in [4.78, 5) is 14.5. The van der Waals surface area contributed by atoms with Crippen LogP contribution in [-0.4, -0.2) is 72.7 Å². The largest absolute Gasteiger partial charge is 0.389 e. The number of anilines is 1. The van der Waals surface area contributed by atoms with Crippen molar-refractivity contribution < 1.29 is 9.13 Å². The van der Waals surface area contributed by atoms with Crippen molar-refractivity contribution in [3.63, 3.8) is 0 Å². The van der Waals surface area contributed by atoms with Gasteiger partial charge in [0.25, 0.3) is 0 Å². The molecule has 2 aromatic rings. The lowest BCUT2D eigenvalue weighted by molar-refractivity contribution is 0.207. The molecule has 0 spiro atoms. The second-order valence-electron chi connectivity index (χ2n) is 10.0. The van der Waals surface area contributed by atoms with Crippen molar-refractivity contribution in [2.45, 2.75) is 18.5 Å². The van der Waals surface area contributed by atoms with Gasteiger partial charge in [-0.25, -0.2) is 9.38 Å². The van der Waals surface area contributed by atoms with Crippen LogP contribution in [0.3, 0.4) is 0 Å². The number of aliphatic imine (C=N–C) groups is 1. The summed E-state index contributed by atoms with van der Waals surface area (Å²) in [5.74, 6) is 1.09. The first-order valence-corrected chi connectivity index (χ1v) is 13.4. The molecule has 0 bridgehead atoms. The van der Waals surface area contributed by atoms with E-state index in [0.717, 1.165) is 64.5 Å². The standard InChI is InChI=1S/C25H25FN7OPS/c1-32-7-11-2-3-33(17(11)8-32)25-30-5-13-14-9-34-10-15(14)18(22(35)20(13)31-25)21-19-12(4-27)24(28)36-23(19)16(26)6-29-21/h5-6,11,17,20H,2-3,7-10,28,35H2,1H3,(H,30,31). The minimum absolute atomic E-state index is 0.233. The number of fused-ring (bicyclic) bond motifs is 4. The predicted octanol–water partition coefficient (Wildman–Crippen LogP) is 2.66. The highest BCUT2D eigenvalue weighted by Gasteiger charge is 2.43. The average molecular weight is 522 g/mol. The fourth-order valence-corrected chi connectivity index (χ4v) is 7.91. The summed E-state index contributed by atoms with van der Waals surface area (Å²) >= 11 is 1.09. The average Bonchev–Trinajstić information content (AvgIpc) is 3.63. The van der Waals surface area contributed by atoms with Crippen molar-refractivity contribution in [1.29, 1.82) is 5.26 Å². The number of likely N-dealkylation sites (N-methyl/N-ethyl adjacent to an activating group) is 1. The molecule has 2 aromatic heterocycles. The van der Waals surface area contributed by atoms with Crippen LogP contribution in [0, 0.1) is 23.1 Å². The van der Waals surface area contributed by atoms with Gasteiger partial charge >= 0.3 is 0 Å². The van der Waals surface area contributed by atoms with Crippen molar-refractivity contribution in [2.24, 2.45) is 10.9 Å². The van der Waals surface area contributed by atoms with Gasteiger partial charge in [0, 0.05) is 48.4 Å². The van der Waals surface area contributed by atoms with E-state index in [9.17, 15) is 9.65 Å². The molecule has 0 saturated carbocycles. The molecular formula is C25H25FN7OPS. The van der Waals surface area contributed by atoms with E-state index in [1.165, 1.54) is 12.6 Å². The van der Waals surface area contributed by atoms with Crippen molar-refractivity contribution in [3.05, 3.63) is 51.5 Å². The van der Waals surface area contributed by atoms with Crippen LogP contribution in [-0.2, 0) is 4.74 Å². The number of ether oxygens (including phenoxy) is 1. The number of halogens is 1. The molecular weight excluding hydrogens is 496 g/mol. The van der Waals surface area contributed by atoms with Gasteiger partial charge in [-0.3, -0.25) is 4.98 Å². The fourth-order valence-electron chi connectivity index (χ4n) is 6.42. The van der Waals surface area contributed by atoms with Crippen LogP contribution < -0.4 is 11.1 Å². The van der Waals surface area contributed by atoms with E-state index in [4.69, 9.17) is 15.5 Å². The van der Waals surface area contributed by atoms with Crippen LogP contribution in [0.15, 0.2) is 39.4 Å². The Morgan fingerprint density at radius 3 is 3.00 bits per heavy atom. The number of nitrogens with zero attached hydrogens (tertiary/aromatic N) is 5. The molecule has 7 rings (SSSR count). The molecule has 4 aliphatic heterocycles. The molecule has 4 atom stereocenters. The lowest BCUT2D eigenvalue weighted by atomic mass is 9.83. The van der Waals surface area contributed by atoms with Gasteiger partial charge in [0.15, 0.2) is 11.8 Å². The molecule has 2 fully saturated rings. The van der Waals surface area contributed by atoms with Gasteiger partial charge in [0.1, 0.15) is 17.1 Å². The number of guanidine groups is 1. The molecule has 3 N–H and O–H groups in total. The summed E-state index contributed by atoms with van der Waals surface area (Å²) < 4.78 is 21.0. The van der Waals surface area contributed by atoms with Crippen molar-refractivity contribution in [3.8, 4) is 6.07 Å². The highest BCUT2D eigenvalue weighted by atomic mass is 32.1. The SMILES string of the molecule is CN1CC2CCN(C3=NC4C(=CN3)C3=C(COC3)C(c3ncc(F)c5sc(N)c(C#N)c35)=C4P)C2C1. The number of rotatable bonds is 1. The van der Waals surface area contributed by atoms with E-state index in [-0.39, 0.29) is 11.6 Å². The number of nitrogens with one attached hydrogen (secondary N) is 1. The maximum absolute atomic E-state index is 14.7. The number of likely N-dealkylation sites (tertiary alicyclic amines) is 2. The zero-order valence-corrected chi connectivity index (χ0v) is 21.7. The van der Waals surface area contributed by atoms with Crippen LogP contribution in [0.2, 0.25) is 0 Å². The first kappa shape index (κ1) is 22.4. The van der Waals surface area contributed by atoms with E-state index in [1.54, 1.807) is 0 Å². The number of hydrogen-bond acceptors (Lipinski definition) is 9. The summed E-state index contributed by atoms with van der Waals surface area (Å²) in [6.07, 6.45) is 4.46. The Hall–Kier alpha value is -2.83. The van der Waals surface area contributed by atoms with E-state index in [0.29, 0.717) is 46.0 Å². The number of nitrogens with two attached hydrogens (primary N) is 1. The summed E-state index contributed by atoms with van der Waals surface area (Å²) in [5, 5.41) is 15.0. The van der Waals surface area contributed by atoms with E-state index in [2.05, 4.69) is 48.7 Å². The number of aromatic nitrogens is 1. The molecule has 4 unspecified atom stereocenters. The van der Waals surface area contributed by atoms with Gasteiger partial charge in [-0.05, 0) is 35.8 Å². The number of hydrogen-bond donors (Lipinski definition) is 2. The topological polar surface area (TPSA) is 103 Å². The highest BCUT2D eigenvalue weighted by Crippen LogP contribution is 2.49. The highest BCUT2D eigenvalue weighted by molar-refractivity contribution is 7.23. The summed E-state index contributed by atoms with van der Waals surface area (Å²) in [6, 6.07) is 2.40. The van der Waals surface area contributed by atoms with Crippen LogP contribution >= 0.6 is 20.6 Å². The molecule has 0 amide bonds. The van der Waals surface area contributed by atoms with Crippen molar-refractivity contribution in [1.82, 2.24) is 20.1 Å². The second-order valence-corrected chi connectivity index (χ2v) is 11.7. The Labute approximate surface area is 214 Å². The lowest BCUT2D eigenvalue weighted by Crippen LogP contribution is -2.47. The normalized spacial score (nSPS) is 27.6. The Morgan fingerprint density at radius 1 is 1.33 bits per heavy atom. The molecule has 5 aliphatic rings. The van der Waals surface area contributed by atoms with Gasteiger partial charge in [0.2, 0.25) is 0 Å². The van der Waals surface area contributed by atoms with Crippen LogP contribution in [0.1, 0.15) is 17.7 Å². The third-order valence-corrected chi connectivity index (χ3v) is 9.67. The monoisotopic (exact) mass is 521 g/mol. The Balaban J connectivity index is 1.38. The fraction of sp³-hybridized carbons (Fsp3) is 0.400. The zero-order chi connectivity index (χ0) is 24.7. The summed E-state index contributed by atoms with van der Waals surface area (Å²) in [7, 11) is 5.05. The first-order valence-electron chi connectivity index (χ1n) is 12.0. The number of thiophene rings is 1. The smallest absolute Gasteiger partial charge is 0.199 e. The van der Waals surface area contributed by atoms with Gasteiger partial charge in [-0.2, -0.15) is 5.26 Å². The number of nitrogen functional groups attached to an aromatic ring is 1. The van der Waals surface area contributed by atoms with E-state index < -0.39 is 5.82 Å². The van der Waals surface area contributed by atoms with E-state index >= 15 is 0 Å². The van der Waals surface area contributed by atoms with Gasteiger partial charge in [-0.1, -0.05) is 0 Å². The maximum Gasteiger partial charge on any atom is 0.199 e. The van der Waals surface area contributed by atoms with Crippen molar-refractivity contribution >= 4 is 47.2 Å². The quantitative estimate of drug-likeness (QED) is 0.557. The van der Waals surface area contributed by atoms with Gasteiger partial charge in [-0.15, -0.1) is 20.6 Å². The minimum atomic E-state index is -0.474. The van der Waals surface area contributed by atoms with E-state index in [1.807, 2.05) is 0 Å². The predicted molar refractivity (Wildman–Crippen MR) is 142 cm³/mol. The van der Waals surface area contributed by atoms with Crippen LogP contribution in [0.4, 0.5) is 9.39 Å². The molecule has 184 valence electrons. The molecule has 11 heteroatoms. The molecule has 8 nitrogen and oxygen atoms in total. The second kappa shape index (κ2) is 8.09. The molecule has 0 radical (unpaired) electrons. The molecule has 1 aliphatic carbocycles. The Morgan fingerprint density at radius 2 is 2.17 bits per heavy atom. The molecule has 6 heterocycles. The first-order chi connectivity index (χ1) is 17.5. The molecule has 0 aromatic carbocycles. The van der Waals surface area contributed by atoms with Crippen molar-refractivity contribution in [2.75, 3.05) is 45.6 Å². The minimum Gasteiger partial charge on any atom is -0.389 e. The number of pyridine rings is 1. The Kier molecular flexibility index (Phi) is 5.03. The van der Waals surface area contributed by atoms with Gasteiger partial charge < -0.3 is 25.6 Å². The van der Waals surface area contributed by atoms with Gasteiger partial charge in [0.05, 0.1) is 35.4 Å². The third kappa shape index (κ3) is 3.07. The maximum atomic E-state index is 14.7. The van der Waals surface area contributed by atoms with Crippen LogP contribution in [0.5, 0.6) is 0 Å². The zero-order valence-electron chi connectivity index (χ0n) is 19.7. The number of nitriles is 1. The Bertz CT molecular complexity index is 1500. The molecule has 2 saturated heterocycles. The third-order valence-electron chi connectivity index (χ3n) is 8.04. The summed E-state index contributed by atoms with van der Waals surface area (Å²) in [5.41, 5.74) is 11.0. The molecule has 36 heavy (non-hydrogen) atoms. The summed E-state index contributed by atoms with van der Waals surface area (Å²) in [6.45, 7) is 4.06. The van der Waals surface area contributed by atoms with Crippen LogP contribution in [0.25, 0.3) is 15.7 Å².